The fourth-order valence-electron chi connectivity index (χ4n) is 1.17. The quantitative estimate of drug-likeness (QED) is 0.588. The van der Waals surface area contributed by atoms with Gasteiger partial charge in [-0.05, 0) is 17.8 Å². The van der Waals surface area contributed by atoms with E-state index in [2.05, 4.69) is 13.8 Å². The Kier molecular flexibility index (Phi) is 1.26. The summed E-state index contributed by atoms with van der Waals surface area (Å²) in [6.07, 6.45) is 1.74. The minimum atomic E-state index is -0.162. The van der Waals surface area contributed by atoms with Crippen molar-refractivity contribution >= 4 is 5.91 Å². The molecule has 0 bridgehead atoms. The van der Waals surface area contributed by atoms with Gasteiger partial charge >= 0.3 is 0 Å². The van der Waals surface area contributed by atoms with Crippen molar-refractivity contribution in [3.05, 3.63) is 0 Å². The molecule has 1 amide bonds. The highest BCUT2D eigenvalue weighted by atomic mass is 16.1. The van der Waals surface area contributed by atoms with E-state index in [-0.39, 0.29) is 5.91 Å². The van der Waals surface area contributed by atoms with E-state index in [1.54, 1.807) is 0 Å². The first-order chi connectivity index (χ1) is 4.02. The molecule has 2 heteroatoms. The van der Waals surface area contributed by atoms with E-state index in [0.717, 1.165) is 6.42 Å². The van der Waals surface area contributed by atoms with Crippen molar-refractivity contribution in [3.8, 4) is 0 Å². The fourth-order valence-corrected chi connectivity index (χ4v) is 1.17. The lowest BCUT2D eigenvalue weighted by molar-refractivity contribution is -0.118. The van der Waals surface area contributed by atoms with Crippen LogP contribution in [0.1, 0.15) is 26.7 Å². The molecule has 52 valence electrons. The molecule has 0 aromatic carbocycles. The van der Waals surface area contributed by atoms with E-state index in [1.165, 1.54) is 0 Å². The molecular weight excluding hydrogens is 114 g/mol. The highest BCUT2D eigenvalue weighted by Crippen LogP contribution is 2.53. The Labute approximate surface area is 55.4 Å². The molecule has 2 nitrogen and oxygen atoms in total. The summed E-state index contributed by atoms with van der Waals surface area (Å²) in [5.41, 5.74) is 5.41. The molecule has 0 saturated heterocycles. The van der Waals surface area contributed by atoms with Crippen molar-refractivity contribution in [2.24, 2.45) is 17.1 Å². The van der Waals surface area contributed by atoms with Crippen molar-refractivity contribution in [2.45, 2.75) is 26.7 Å². The number of amides is 1. The van der Waals surface area contributed by atoms with Crippen LogP contribution in [0.25, 0.3) is 0 Å². The van der Waals surface area contributed by atoms with Crippen LogP contribution in [-0.4, -0.2) is 5.91 Å². The van der Waals surface area contributed by atoms with Crippen LogP contribution in [0.4, 0.5) is 0 Å². The topological polar surface area (TPSA) is 43.1 Å². The number of primary amides is 1. The zero-order chi connectivity index (χ0) is 7.07. The van der Waals surface area contributed by atoms with Gasteiger partial charge in [0.1, 0.15) is 0 Å². The van der Waals surface area contributed by atoms with Gasteiger partial charge in [-0.25, -0.2) is 0 Å². The first kappa shape index (κ1) is 6.59. The predicted octanol–water partition coefficient (Wildman–Crippen LogP) is 0.908. The molecule has 1 saturated carbocycles. The lowest BCUT2D eigenvalue weighted by Gasteiger charge is -1.97. The Balaban J connectivity index is 2.28. The predicted molar refractivity (Wildman–Crippen MR) is 35.7 cm³/mol. The Morgan fingerprint density at radius 2 is 2.22 bits per heavy atom. The third-order valence-corrected chi connectivity index (χ3v) is 2.17. The number of carbonyl (C=O) groups is 1. The van der Waals surface area contributed by atoms with Gasteiger partial charge in [-0.2, -0.15) is 0 Å². The van der Waals surface area contributed by atoms with Gasteiger partial charge in [0.15, 0.2) is 0 Å². The van der Waals surface area contributed by atoms with Gasteiger partial charge in [0.25, 0.3) is 0 Å². The average Bonchev–Trinajstić information content (AvgIpc) is 2.10. The zero-order valence-electron chi connectivity index (χ0n) is 5.98. The summed E-state index contributed by atoms with van der Waals surface area (Å²) in [6, 6.07) is 0. The van der Waals surface area contributed by atoms with Gasteiger partial charge in [-0.15, -0.1) is 0 Å². The molecule has 2 N–H and O–H groups in total. The molecule has 9 heavy (non-hydrogen) atoms. The number of hydrogen-bond acceptors (Lipinski definition) is 1. The standard InChI is InChI=1S/C7H13NO/c1-7(2)4-5(7)3-6(8)9/h5H,3-4H2,1-2H3,(H2,8,9)/t5-/m1/s1. The summed E-state index contributed by atoms with van der Waals surface area (Å²) in [5, 5.41) is 0. The Morgan fingerprint density at radius 1 is 1.78 bits per heavy atom. The molecule has 1 aliphatic carbocycles. The highest BCUT2D eigenvalue weighted by molar-refractivity contribution is 5.74. The Hall–Kier alpha value is -0.530. The molecule has 0 heterocycles. The SMILES string of the molecule is CC1(C)C[C@H]1CC(N)=O. The minimum Gasteiger partial charge on any atom is -0.370 e. The van der Waals surface area contributed by atoms with Crippen LogP contribution in [0, 0.1) is 11.3 Å². The molecule has 1 rings (SSSR count). The van der Waals surface area contributed by atoms with Crippen molar-refractivity contribution in [1.82, 2.24) is 0 Å². The summed E-state index contributed by atoms with van der Waals surface area (Å²) in [6.45, 7) is 4.33. The Bertz CT molecular complexity index is 140. The zero-order valence-corrected chi connectivity index (χ0v) is 5.98. The van der Waals surface area contributed by atoms with Crippen molar-refractivity contribution in [3.63, 3.8) is 0 Å². The van der Waals surface area contributed by atoms with Crippen LogP contribution in [0.15, 0.2) is 0 Å². The van der Waals surface area contributed by atoms with Gasteiger partial charge < -0.3 is 5.73 Å². The van der Waals surface area contributed by atoms with Crippen LogP contribution in [0.3, 0.4) is 0 Å². The summed E-state index contributed by atoms with van der Waals surface area (Å²) in [4.78, 5) is 10.4. The summed E-state index contributed by atoms with van der Waals surface area (Å²) in [7, 11) is 0. The molecule has 0 aromatic rings. The number of nitrogens with two attached hydrogens (primary N) is 1. The van der Waals surface area contributed by atoms with Crippen molar-refractivity contribution < 1.29 is 4.79 Å². The van der Waals surface area contributed by atoms with Crippen LogP contribution in [-0.2, 0) is 4.79 Å². The number of carbonyl (C=O) groups excluding carboxylic acids is 1. The second kappa shape index (κ2) is 1.72. The first-order valence-electron chi connectivity index (χ1n) is 3.31. The molecule has 0 unspecified atom stereocenters. The Morgan fingerprint density at radius 3 is 2.33 bits per heavy atom. The summed E-state index contributed by atoms with van der Waals surface area (Å²) < 4.78 is 0. The van der Waals surface area contributed by atoms with E-state index in [0.29, 0.717) is 17.8 Å². The normalized spacial score (nSPS) is 29.8. The smallest absolute Gasteiger partial charge is 0.217 e. The molecular formula is C7H13NO. The fraction of sp³-hybridized carbons (Fsp3) is 0.857. The highest BCUT2D eigenvalue weighted by Gasteiger charge is 2.45. The maximum atomic E-state index is 10.4. The third-order valence-electron chi connectivity index (χ3n) is 2.17. The lowest BCUT2D eigenvalue weighted by Crippen LogP contribution is -2.12. The van der Waals surface area contributed by atoms with E-state index >= 15 is 0 Å². The molecule has 1 aliphatic rings. The van der Waals surface area contributed by atoms with Gasteiger partial charge in [0, 0.05) is 6.42 Å². The second-order valence-corrected chi connectivity index (χ2v) is 3.56. The molecule has 0 radical (unpaired) electrons. The first-order valence-corrected chi connectivity index (χ1v) is 3.31. The van der Waals surface area contributed by atoms with Crippen LogP contribution in [0.5, 0.6) is 0 Å². The van der Waals surface area contributed by atoms with Crippen molar-refractivity contribution in [2.75, 3.05) is 0 Å². The van der Waals surface area contributed by atoms with Crippen molar-refractivity contribution in [1.29, 1.82) is 0 Å². The summed E-state index contributed by atoms with van der Waals surface area (Å²) in [5.74, 6) is 0.403. The minimum absolute atomic E-state index is 0.162. The van der Waals surface area contributed by atoms with E-state index in [4.69, 9.17) is 5.73 Å². The van der Waals surface area contributed by atoms with E-state index in [1.807, 2.05) is 0 Å². The molecule has 0 aromatic heterocycles. The number of hydrogen-bond donors (Lipinski definition) is 1. The monoisotopic (exact) mass is 127 g/mol. The molecule has 1 atom stereocenters. The lowest BCUT2D eigenvalue weighted by atomic mass is 10.1. The molecule has 0 aliphatic heterocycles. The molecule has 0 spiro atoms. The van der Waals surface area contributed by atoms with E-state index < -0.39 is 0 Å². The van der Waals surface area contributed by atoms with E-state index in [9.17, 15) is 4.79 Å². The third kappa shape index (κ3) is 1.44. The average molecular weight is 127 g/mol. The van der Waals surface area contributed by atoms with Crippen LogP contribution < -0.4 is 5.73 Å². The maximum absolute atomic E-state index is 10.4. The van der Waals surface area contributed by atoms with Gasteiger partial charge in [-0.3, -0.25) is 4.79 Å². The molecule has 1 fully saturated rings. The van der Waals surface area contributed by atoms with Gasteiger partial charge in [0.05, 0.1) is 0 Å². The second-order valence-electron chi connectivity index (χ2n) is 3.56. The maximum Gasteiger partial charge on any atom is 0.217 e. The van der Waals surface area contributed by atoms with Gasteiger partial charge in [0.2, 0.25) is 5.91 Å². The number of rotatable bonds is 2. The summed E-state index contributed by atoms with van der Waals surface area (Å²) >= 11 is 0. The largest absolute Gasteiger partial charge is 0.370 e. The van der Waals surface area contributed by atoms with Crippen LogP contribution >= 0.6 is 0 Å². The van der Waals surface area contributed by atoms with Crippen LogP contribution in [0.2, 0.25) is 0 Å². The van der Waals surface area contributed by atoms with Gasteiger partial charge in [-0.1, -0.05) is 13.8 Å².